The van der Waals surface area contributed by atoms with Crippen LogP contribution in [0.3, 0.4) is 0 Å². The second-order valence-corrected chi connectivity index (χ2v) is 6.99. The fraction of sp³-hybridized carbons (Fsp3) is 0.214. The lowest BCUT2D eigenvalue weighted by molar-refractivity contribution is 0.371. The molecule has 0 radical (unpaired) electrons. The summed E-state index contributed by atoms with van der Waals surface area (Å²) in [6.07, 6.45) is 0. The van der Waals surface area contributed by atoms with Gasteiger partial charge >= 0.3 is 5.69 Å². The van der Waals surface area contributed by atoms with Crippen molar-refractivity contribution < 1.29 is 4.52 Å². The van der Waals surface area contributed by atoms with E-state index in [0.717, 1.165) is 9.44 Å². The Morgan fingerprint density at radius 3 is 2.76 bits per heavy atom. The molecule has 128 valence electrons. The molecule has 0 fully saturated rings. The van der Waals surface area contributed by atoms with Crippen LogP contribution in [0.15, 0.2) is 36.4 Å². The van der Waals surface area contributed by atoms with Crippen molar-refractivity contribution >= 4 is 38.4 Å². The van der Waals surface area contributed by atoms with Gasteiger partial charge in [-0.15, -0.1) is 11.3 Å². The molecule has 0 aromatic carbocycles. The first-order valence-corrected chi connectivity index (χ1v) is 8.83. The molecule has 0 N–H and O–H groups in total. The zero-order chi connectivity index (χ0) is 17.7. The maximum absolute atomic E-state index is 12.3. The smallest absolute Gasteiger partial charge is 0.332 e. The number of fused-ring (bicyclic) bond motifs is 1. The van der Waals surface area contributed by atoms with Crippen molar-refractivity contribution in [1.29, 1.82) is 0 Å². The number of hydrogen-bond acceptors (Lipinski definition) is 7. The Morgan fingerprint density at radius 1 is 1.24 bits per heavy atom. The summed E-state index contributed by atoms with van der Waals surface area (Å²) in [4.78, 5) is 34.0. The average Bonchev–Trinajstić information content (AvgIpc) is 3.32. The Morgan fingerprint density at radius 2 is 2.04 bits per heavy atom. The molecule has 11 heteroatoms. The minimum absolute atomic E-state index is 0.176. The molecule has 0 saturated carbocycles. The Balaban J connectivity index is 1.84. The van der Waals surface area contributed by atoms with Gasteiger partial charge in [-0.25, -0.2) is 9.78 Å². The predicted octanol–water partition coefficient (Wildman–Crippen LogP) is 1.36. The molecule has 0 atom stereocenters. The summed E-state index contributed by atoms with van der Waals surface area (Å²) in [5.74, 6) is 0.840. The number of nitrogens with zero attached hydrogens (tertiary/aromatic N) is 6. The van der Waals surface area contributed by atoms with Gasteiger partial charge in [0.15, 0.2) is 15.9 Å². The molecule has 0 bridgehead atoms. The van der Waals surface area contributed by atoms with Crippen LogP contribution >= 0.6 is 27.3 Å². The van der Waals surface area contributed by atoms with Crippen molar-refractivity contribution in [2.45, 2.75) is 6.54 Å². The Hall–Kier alpha value is -2.53. The van der Waals surface area contributed by atoms with E-state index in [2.05, 4.69) is 31.1 Å². The van der Waals surface area contributed by atoms with Crippen LogP contribution in [0, 0.1) is 0 Å². The van der Waals surface area contributed by atoms with E-state index in [4.69, 9.17) is 4.52 Å². The van der Waals surface area contributed by atoms with Gasteiger partial charge in [-0.2, -0.15) is 4.98 Å². The first-order valence-electron chi connectivity index (χ1n) is 7.15. The second kappa shape index (κ2) is 5.77. The van der Waals surface area contributed by atoms with Gasteiger partial charge in [0.25, 0.3) is 5.56 Å². The summed E-state index contributed by atoms with van der Waals surface area (Å²) >= 11 is 4.84. The van der Waals surface area contributed by atoms with Crippen molar-refractivity contribution in [2.75, 3.05) is 0 Å². The molecule has 0 aliphatic heterocycles. The summed E-state index contributed by atoms with van der Waals surface area (Å²) in [5, 5.41) is 5.89. The molecule has 4 heterocycles. The maximum atomic E-state index is 12.3. The summed E-state index contributed by atoms with van der Waals surface area (Å²) in [6, 6.07) is 3.80. The average molecular weight is 423 g/mol. The molecular weight excluding hydrogens is 412 g/mol. The quantitative estimate of drug-likeness (QED) is 0.462. The molecule has 9 nitrogen and oxygen atoms in total. The van der Waals surface area contributed by atoms with Crippen LogP contribution in [-0.2, 0) is 20.6 Å². The van der Waals surface area contributed by atoms with Crippen LogP contribution in [0.4, 0.5) is 0 Å². The summed E-state index contributed by atoms with van der Waals surface area (Å²) in [5.41, 5.74) is -0.316. The Kier molecular flexibility index (Phi) is 3.69. The number of aromatic nitrogens is 6. The highest BCUT2D eigenvalue weighted by Gasteiger charge is 2.20. The minimum Gasteiger partial charge on any atom is -0.337 e. The summed E-state index contributed by atoms with van der Waals surface area (Å²) in [6.45, 7) is 0.176. The zero-order valence-electron chi connectivity index (χ0n) is 13.1. The molecule has 0 saturated heterocycles. The molecule has 0 spiro atoms. The van der Waals surface area contributed by atoms with Crippen molar-refractivity contribution in [1.82, 2.24) is 28.8 Å². The lowest BCUT2D eigenvalue weighted by Crippen LogP contribution is -2.37. The third-order valence-corrected chi connectivity index (χ3v) is 5.27. The van der Waals surface area contributed by atoms with Crippen molar-refractivity contribution in [2.24, 2.45) is 14.1 Å². The normalized spacial score (nSPS) is 11.5. The van der Waals surface area contributed by atoms with Gasteiger partial charge < -0.3 is 4.52 Å². The number of aryl methyl sites for hydroxylation is 1. The minimum atomic E-state index is -0.456. The molecule has 4 aromatic rings. The van der Waals surface area contributed by atoms with E-state index in [9.17, 15) is 9.59 Å². The molecule has 0 amide bonds. The lowest BCUT2D eigenvalue weighted by atomic mass is 10.4. The number of halogens is 1. The van der Waals surface area contributed by atoms with Gasteiger partial charge in [0.1, 0.15) is 6.54 Å². The van der Waals surface area contributed by atoms with Gasteiger partial charge in [-0.1, -0.05) is 11.2 Å². The van der Waals surface area contributed by atoms with Crippen molar-refractivity contribution in [3.8, 4) is 10.7 Å². The van der Waals surface area contributed by atoms with Gasteiger partial charge in [0.2, 0.25) is 11.7 Å². The fourth-order valence-corrected chi connectivity index (χ4v) is 3.68. The monoisotopic (exact) mass is 422 g/mol. The van der Waals surface area contributed by atoms with Gasteiger partial charge in [0.05, 0.1) is 4.88 Å². The molecule has 25 heavy (non-hydrogen) atoms. The first kappa shape index (κ1) is 16.0. The maximum Gasteiger partial charge on any atom is 0.332 e. The van der Waals surface area contributed by atoms with E-state index in [0.29, 0.717) is 22.1 Å². The lowest BCUT2D eigenvalue weighted by Gasteiger charge is -2.07. The molecule has 0 aliphatic rings. The van der Waals surface area contributed by atoms with E-state index in [1.54, 1.807) is 11.6 Å². The summed E-state index contributed by atoms with van der Waals surface area (Å²) < 4.78 is 9.73. The number of rotatable bonds is 3. The predicted molar refractivity (Wildman–Crippen MR) is 94.6 cm³/mol. The van der Waals surface area contributed by atoms with Crippen LogP contribution in [0.2, 0.25) is 0 Å². The van der Waals surface area contributed by atoms with E-state index in [1.807, 2.05) is 17.5 Å². The van der Waals surface area contributed by atoms with Crippen LogP contribution in [0.25, 0.3) is 21.9 Å². The van der Waals surface area contributed by atoms with E-state index >= 15 is 0 Å². The molecule has 4 aromatic heterocycles. The van der Waals surface area contributed by atoms with E-state index < -0.39 is 11.2 Å². The van der Waals surface area contributed by atoms with Crippen LogP contribution in [-0.4, -0.2) is 28.8 Å². The van der Waals surface area contributed by atoms with Gasteiger partial charge in [-0.3, -0.25) is 18.5 Å². The van der Waals surface area contributed by atoms with E-state index in [-0.39, 0.29) is 12.1 Å². The Labute approximate surface area is 152 Å². The highest BCUT2D eigenvalue weighted by Crippen LogP contribution is 2.23. The highest BCUT2D eigenvalue weighted by molar-refractivity contribution is 9.10. The van der Waals surface area contributed by atoms with Crippen LogP contribution in [0.5, 0.6) is 0 Å². The van der Waals surface area contributed by atoms with Gasteiger partial charge in [-0.05, 0) is 27.4 Å². The van der Waals surface area contributed by atoms with Crippen molar-refractivity contribution in [3.05, 3.63) is 49.0 Å². The zero-order valence-corrected chi connectivity index (χ0v) is 15.5. The largest absolute Gasteiger partial charge is 0.337 e. The number of hydrogen-bond donors (Lipinski definition) is 0. The second-order valence-electron chi connectivity index (χ2n) is 5.33. The van der Waals surface area contributed by atoms with E-state index in [1.165, 1.54) is 23.0 Å². The fourth-order valence-electron chi connectivity index (χ4n) is 2.56. The molecule has 0 unspecified atom stereocenters. The standard InChI is InChI=1S/C14H11BrN6O3S/c1-19-11-9(12(22)20(2)14(19)23)17-13(15)21(11)6-8-16-10(18-24-8)7-4-3-5-25-7/h3-5H,6H2,1-2H3. The first-order chi connectivity index (χ1) is 12.0. The molecule has 4 rings (SSSR count). The van der Waals surface area contributed by atoms with Crippen molar-refractivity contribution in [3.63, 3.8) is 0 Å². The highest BCUT2D eigenvalue weighted by atomic mass is 79.9. The molecule has 0 aliphatic carbocycles. The number of thiophene rings is 1. The third kappa shape index (κ3) is 2.46. The Bertz CT molecular complexity index is 1200. The summed E-state index contributed by atoms with van der Waals surface area (Å²) in [7, 11) is 3.00. The molecular formula is C14H11BrN6O3S. The van der Waals surface area contributed by atoms with Crippen LogP contribution < -0.4 is 11.2 Å². The van der Waals surface area contributed by atoms with Crippen LogP contribution in [0.1, 0.15) is 5.89 Å². The third-order valence-electron chi connectivity index (χ3n) is 3.80. The number of imidazole rings is 1. The topological polar surface area (TPSA) is 101 Å². The SMILES string of the molecule is Cn1c(=O)c2nc(Br)n(Cc3nc(-c4cccs4)no3)c2n(C)c1=O. The van der Waals surface area contributed by atoms with Gasteiger partial charge in [0, 0.05) is 14.1 Å².